The molecule has 1 atom stereocenters. The molecule has 0 aromatic heterocycles. The Kier molecular flexibility index (Phi) is 2.73. The van der Waals surface area contributed by atoms with Crippen molar-refractivity contribution < 1.29 is 9.18 Å². The highest BCUT2D eigenvalue weighted by Gasteiger charge is 2.34. The van der Waals surface area contributed by atoms with Crippen LogP contribution in [0.1, 0.15) is 18.9 Å². The molecule has 0 aliphatic heterocycles. The maximum atomic E-state index is 12.9. The van der Waals surface area contributed by atoms with E-state index in [0.717, 1.165) is 5.56 Å². The lowest BCUT2D eigenvalue weighted by Gasteiger charge is -2.29. The molecule has 0 spiro atoms. The van der Waals surface area contributed by atoms with E-state index in [4.69, 9.17) is 0 Å². The highest BCUT2D eigenvalue weighted by molar-refractivity contribution is 5.91. The Hall–Kier alpha value is -1.70. The van der Waals surface area contributed by atoms with Crippen LogP contribution >= 0.6 is 0 Å². The largest absolute Gasteiger partial charge is 0.299 e. The molecular formula is C14H13FO. The second kappa shape index (κ2) is 4.05. The number of rotatable bonds is 2. The van der Waals surface area contributed by atoms with Crippen molar-refractivity contribution in [1.29, 1.82) is 0 Å². The molecule has 0 fully saturated rings. The summed E-state index contributed by atoms with van der Waals surface area (Å²) < 4.78 is 12.9. The first-order valence-corrected chi connectivity index (χ1v) is 5.26. The summed E-state index contributed by atoms with van der Waals surface area (Å²) in [6, 6.07) is 6.15. The summed E-state index contributed by atoms with van der Waals surface area (Å²) in [6.45, 7) is 1.58. The Morgan fingerprint density at radius 3 is 2.44 bits per heavy atom. The third-order valence-corrected chi connectivity index (χ3v) is 3.06. The molecule has 2 heteroatoms. The summed E-state index contributed by atoms with van der Waals surface area (Å²) in [7, 11) is 0. The monoisotopic (exact) mass is 216 g/mol. The molecule has 0 N–H and O–H groups in total. The molecule has 0 amide bonds. The lowest BCUT2D eigenvalue weighted by Crippen LogP contribution is -2.32. The Labute approximate surface area is 94.3 Å². The van der Waals surface area contributed by atoms with Gasteiger partial charge in [0.15, 0.2) is 0 Å². The molecule has 1 nitrogen and oxygen atoms in total. The van der Waals surface area contributed by atoms with Crippen LogP contribution in [0.4, 0.5) is 4.39 Å². The van der Waals surface area contributed by atoms with E-state index < -0.39 is 5.41 Å². The minimum absolute atomic E-state index is 0.0831. The van der Waals surface area contributed by atoms with Crippen LogP contribution in [-0.4, -0.2) is 5.78 Å². The molecule has 0 bridgehead atoms. The van der Waals surface area contributed by atoms with Crippen LogP contribution < -0.4 is 0 Å². The minimum atomic E-state index is -0.609. The zero-order valence-corrected chi connectivity index (χ0v) is 9.11. The first-order valence-electron chi connectivity index (χ1n) is 5.26. The van der Waals surface area contributed by atoms with Gasteiger partial charge in [0, 0.05) is 0 Å². The van der Waals surface area contributed by atoms with Crippen molar-refractivity contribution in [2.24, 2.45) is 0 Å². The van der Waals surface area contributed by atoms with Gasteiger partial charge in [-0.05, 0) is 31.0 Å². The zero-order valence-electron chi connectivity index (χ0n) is 9.11. The van der Waals surface area contributed by atoms with E-state index in [9.17, 15) is 9.18 Å². The zero-order chi connectivity index (χ0) is 11.6. The first-order chi connectivity index (χ1) is 7.65. The lowest BCUT2D eigenvalue weighted by atomic mass is 9.73. The first kappa shape index (κ1) is 10.8. The van der Waals surface area contributed by atoms with Crippen molar-refractivity contribution in [3.05, 3.63) is 60.0 Å². The van der Waals surface area contributed by atoms with E-state index in [1.54, 1.807) is 19.1 Å². The topological polar surface area (TPSA) is 17.1 Å². The second-order valence-electron chi connectivity index (χ2n) is 4.03. The van der Waals surface area contributed by atoms with Crippen molar-refractivity contribution in [2.45, 2.75) is 18.8 Å². The summed E-state index contributed by atoms with van der Waals surface area (Å²) in [5.74, 6) is -0.197. The Morgan fingerprint density at radius 2 is 1.94 bits per heavy atom. The van der Waals surface area contributed by atoms with Gasteiger partial charge >= 0.3 is 0 Å². The second-order valence-corrected chi connectivity index (χ2v) is 4.03. The summed E-state index contributed by atoms with van der Waals surface area (Å²) in [5, 5.41) is 0. The van der Waals surface area contributed by atoms with Crippen LogP contribution in [0.3, 0.4) is 0 Å². The minimum Gasteiger partial charge on any atom is -0.299 e. The summed E-state index contributed by atoms with van der Waals surface area (Å²) in [5.41, 5.74) is 0.240. The van der Waals surface area contributed by atoms with Gasteiger partial charge in [-0.15, -0.1) is 0 Å². The molecule has 0 radical (unpaired) electrons. The summed E-state index contributed by atoms with van der Waals surface area (Å²) >= 11 is 0. The fraction of sp³-hybridized carbons (Fsp3) is 0.214. The SMILES string of the molecule is CC(=O)C1(c2ccc(F)cc2)C=CC=CC1. The van der Waals surface area contributed by atoms with Crippen LogP contribution in [0.5, 0.6) is 0 Å². The third-order valence-electron chi connectivity index (χ3n) is 3.06. The Bertz CT molecular complexity index is 456. The van der Waals surface area contributed by atoms with E-state index in [2.05, 4.69) is 0 Å². The molecular weight excluding hydrogens is 203 g/mol. The number of allylic oxidation sites excluding steroid dienone is 4. The summed E-state index contributed by atoms with van der Waals surface area (Å²) in [4.78, 5) is 11.8. The molecule has 1 aromatic carbocycles. The highest BCUT2D eigenvalue weighted by atomic mass is 19.1. The van der Waals surface area contributed by atoms with E-state index >= 15 is 0 Å². The van der Waals surface area contributed by atoms with Gasteiger partial charge in [0.05, 0.1) is 5.41 Å². The van der Waals surface area contributed by atoms with Crippen molar-refractivity contribution >= 4 is 5.78 Å². The highest BCUT2D eigenvalue weighted by Crippen LogP contribution is 2.33. The number of carbonyl (C=O) groups excluding carboxylic acids is 1. The molecule has 0 saturated carbocycles. The van der Waals surface area contributed by atoms with Crippen LogP contribution in [0.25, 0.3) is 0 Å². The van der Waals surface area contributed by atoms with Gasteiger partial charge < -0.3 is 0 Å². The van der Waals surface area contributed by atoms with Gasteiger partial charge in [-0.25, -0.2) is 4.39 Å². The normalized spacial score (nSPS) is 23.4. The van der Waals surface area contributed by atoms with E-state index in [0.29, 0.717) is 6.42 Å². The van der Waals surface area contributed by atoms with Crippen molar-refractivity contribution in [3.8, 4) is 0 Å². The van der Waals surface area contributed by atoms with E-state index in [1.165, 1.54) is 12.1 Å². The van der Waals surface area contributed by atoms with Crippen LogP contribution in [0.15, 0.2) is 48.6 Å². The number of halogens is 1. The molecule has 2 rings (SSSR count). The molecule has 1 aromatic rings. The fourth-order valence-corrected chi connectivity index (χ4v) is 2.05. The molecule has 1 aliphatic rings. The number of ketones is 1. The smallest absolute Gasteiger partial charge is 0.144 e. The molecule has 1 unspecified atom stereocenters. The average molecular weight is 216 g/mol. The third kappa shape index (κ3) is 1.71. The maximum absolute atomic E-state index is 12.9. The lowest BCUT2D eigenvalue weighted by molar-refractivity contribution is -0.120. The average Bonchev–Trinajstić information content (AvgIpc) is 2.30. The van der Waals surface area contributed by atoms with Gasteiger partial charge in [0.1, 0.15) is 11.6 Å². The number of carbonyl (C=O) groups is 1. The number of hydrogen-bond donors (Lipinski definition) is 0. The van der Waals surface area contributed by atoms with Gasteiger partial charge in [-0.1, -0.05) is 36.4 Å². The van der Waals surface area contributed by atoms with Crippen LogP contribution in [0, 0.1) is 5.82 Å². The number of Topliss-reactive ketones (excluding diaryl/α,β-unsaturated/α-hetero) is 1. The van der Waals surface area contributed by atoms with Crippen molar-refractivity contribution in [2.75, 3.05) is 0 Å². The van der Waals surface area contributed by atoms with E-state index in [1.807, 2.05) is 24.3 Å². The van der Waals surface area contributed by atoms with Crippen molar-refractivity contribution in [1.82, 2.24) is 0 Å². The molecule has 1 aliphatic carbocycles. The number of benzene rings is 1. The Morgan fingerprint density at radius 1 is 1.25 bits per heavy atom. The van der Waals surface area contributed by atoms with Crippen LogP contribution in [0.2, 0.25) is 0 Å². The van der Waals surface area contributed by atoms with Gasteiger partial charge in [0.2, 0.25) is 0 Å². The Balaban J connectivity index is 2.48. The standard InChI is InChI=1S/C14H13FO/c1-11(16)14(9-3-2-4-10-14)12-5-7-13(15)8-6-12/h2-9H,10H2,1H3. The van der Waals surface area contributed by atoms with Crippen molar-refractivity contribution in [3.63, 3.8) is 0 Å². The van der Waals surface area contributed by atoms with Gasteiger partial charge in [0.25, 0.3) is 0 Å². The fourth-order valence-electron chi connectivity index (χ4n) is 2.05. The van der Waals surface area contributed by atoms with Gasteiger partial charge in [-0.2, -0.15) is 0 Å². The molecule has 0 heterocycles. The number of hydrogen-bond acceptors (Lipinski definition) is 1. The quantitative estimate of drug-likeness (QED) is 0.742. The predicted molar refractivity (Wildman–Crippen MR) is 61.7 cm³/mol. The van der Waals surface area contributed by atoms with Gasteiger partial charge in [-0.3, -0.25) is 4.79 Å². The molecule has 82 valence electrons. The maximum Gasteiger partial charge on any atom is 0.144 e. The van der Waals surface area contributed by atoms with Crippen LogP contribution in [-0.2, 0) is 10.2 Å². The predicted octanol–water partition coefficient (Wildman–Crippen LogP) is 3.17. The van der Waals surface area contributed by atoms with E-state index in [-0.39, 0.29) is 11.6 Å². The molecule has 16 heavy (non-hydrogen) atoms. The molecule has 0 saturated heterocycles. The summed E-state index contributed by atoms with van der Waals surface area (Å²) in [6.07, 6.45) is 8.29.